The van der Waals surface area contributed by atoms with Gasteiger partial charge in [-0.15, -0.1) is 0 Å². The van der Waals surface area contributed by atoms with Crippen molar-refractivity contribution in [2.45, 2.75) is 32.5 Å². The summed E-state index contributed by atoms with van der Waals surface area (Å²) in [5, 5.41) is 9.82. The maximum absolute atomic E-state index is 9.82. The Bertz CT molecular complexity index is 372. The van der Waals surface area contributed by atoms with Gasteiger partial charge in [-0.3, -0.25) is 0 Å². The molecule has 1 aromatic carbocycles. The van der Waals surface area contributed by atoms with Crippen LogP contribution in [0.3, 0.4) is 0 Å². The molecule has 1 saturated heterocycles. The summed E-state index contributed by atoms with van der Waals surface area (Å²) in [4.78, 5) is 2.33. The average molecular weight is 263 g/mol. The van der Waals surface area contributed by atoms with Crippen molar-refractivity contribution in [1.29, 1.82) is 0 Å². The third kappa shape index (κ3) is 5.31. The maximum Gasteiger partial charge on any atom is 0.0718 e. The molecule has 1 atom stereocenters. The minimum atomic E-state index is -0.597. The molecule has 0 radical (unpaired) electrons. The second kappa shape index (κ2) is 6.51. The van der Waals surface area contributed by atoms with E-state index in [0.717, 1.165) is 26.2 Å². The molecular weight excluding hydrogens is 238 g/mol. The smallest absolute Gasteiger partial charge is 0.0718 e. The van der Waals surface area contributed by atoms with Crippen LogP contribution in [0.25, 0.3) is 0 Å². The van der Waals surface area contributed by atoms with Gasteiger partial charge >= 0.3 is 0 Å². The van der Waals surface area contributed by atoms with Gasteiger partial charge in [0.05, 0.1) is 18.8 Å². The second-order valence-electron chi connectivity index (χ2n) is 6.20. The highest BCUT2D eigenvalue weighted by Gasteiger charge is 2.26. The molecule has 0 spiro atoms. The molecule has 3 heteroatoms. The summed E-state index contributed by atoms with van der Waals surface area (Å²) in [6.07, 6.45) is 1.17. The summed E-state index contributed by atoms with van der Waals surface area (Å²) in [5.41, 5.74) is 0.633. The van der Waals surface area contributed by atoms with Crippen LogP contribution >= 0.6 is 0 Å². The average Bonchev–Trinajstić information content (AvgIpc) is 2.76. The summed E-state index contributed by atoms with van der Waals surface area (Å²) in [6.45, 7) is 8.11. The Balaban J connectivity index is 1.66. The zero-order chi connectivity index (χ0) is 13.7. The van der Waals surface area contributed by atoms with Crippen LogP contribution in [0.1, 0.15) is 25.8 Å². The fourth-order valence-corrected chi connectivity index (χ4v) is 2.66. The lowest BCUT2D eigenvalue weighted by atomic mass is 10.1. The lowest BCUT2D eigenvalue weighted by molar-refractivity contribution is 0.0389. The monoisotopic (exact) mass is 263 g/mol. The highest BCUT2D eigenvalue weighted by Crippen LogP contribution is 2.19. The molecule has 3 nitrogen and oxygen atoms in total. The molecule has 1 fully saturated rings. The number of benzene rings is 1. The topological polar surface area (TPSA) is 32.7 Å². The van der Waals surface area contributed by atoms with Crippen LogP contribution in [-0.2, 0) is 11.3 Å². The van der Waals surface area contributed by atoms with Crippen molar-refractivity contribution < 1.29 is 9.84 Å². The van der Waals surface area contributed by atoms with E-state index in [0.29, 0.717) is 12.5 Å². The van der Waals surface area contributed by atoms with E-state index < -0.39 is 5.60 Å². The van der Waals surface area contributed by atoms with Crippen LogP contribution in [0.5, 0.6) is 0 Å². The summed E-state index contributed by atoms with van der Waals surface area (Å²) >= 11 is 0. The minimum absolute atomic E-state index is 0.597. The Kier molecular flexibility index (Phi) is 4.97. The molecule has 0 amide bonds. The van der Waals surface area contributed by atoms with Crippen molar-refractivity contribution in [2.75, 3.05) is 26.2 Å². The quantitative estimate of drug-likeness (QED) is 0.855. The molecule has 1 unspecified atom stereocenters. The SMILES string of the molecule is CC(C)(O)CN1CCC(COCc2ccccc2)C1. The van der Waals surface area contributed by atoms with Gasteiger partial charge < -0.3 is 14.7 Å². The van der Waals surface area contributed by atoms with Gasteiger partial charge in [-0.1, -0.05) is 30.3 Å². The van der Waals surface area contributed by atoms with Crippen molar-refractivity contribution in [3.05, 3.63) is 35.9 Å². The van der Waals surface area contributed by atoms with E-state index in [1.54, 1.807) is 0 Å². The van der Waals surface area contributed by atoms with Crippen molar-refractivity contribution in [2.24, 2.45) is 5.92 Å². The van der Waals surface area contributed by atoms with E-state index in [1.165, 1.54) is 12.0 Å². The Morgan fingerprint density at radius 3 is 2.74 bits per heavy atom. The lowest BCUT2D eigenvalue weighted by Crippen LogP contribution is -2.37. The molecule has 0 saturated carbocycles. The molecule has 1 N–H and O–H groups in total. The van der Waals surface area contributed by atoms with Gasteiger partial charge in [-0.05, 0) is 38.3 Å². The van der Waals surface area contributed by atoms with Crippen molar-refractivity contribution in [3.8, 4) is 0 Å². The van der Waals surface area contributed by atoms with Crippen molar-refractivity contribution in [1.82, 2.24) is 4.90 Å². The standard InChI is InChI=1S/C16H25NO2/c1-16(2,18)13-17-9-8-15(10-17)12-19-11-14-6-4-3-5-7-14/h3-7,15,18H,8-13H2,1-2H3. The van der Waals surface area contributed by atoms with Gasteiger partial charge in [0.1, 0.15) is 0 Å². The fraction of sp³-hybridized carbons (Fsp3) is 0.625. The van der Waals surface area contributed by atoms with Crippen molar-refractivity contribution >= 4 is 0 Å². The van der Waals surface area contributed by atoms with Crippen molar-refractivity contribution in [3.63, 3.8) is 0 Å². The Labute approximate surface area is 116 Å². The summed E-state index contributed by atoms with van der Waals surface area (Å²) in [6, 6.07) is 10.3. The summed E-state index contributed by atoms with van der Waals surface area (Å²) < 4.78 is 5.79. The molecule has 0 bridgehead atoms. The van der Waals surface area contributed by atoms with E-state index in [-0.39, 0.29) is 0 Å². The number of aliphatic hydroxyl groups is 1. The predicted octanol–water partition coefficient (Wildman–Crippen LogP) is 2.30. The number of hydrogen-bond acceptors (Lipinski definition) is 3. The third-order valence-corrected chi connectivity index (χ3v) is 3.45. The lowest BCUT2D eigenvalue weighted by Gasteiger charge is -2.25. The molecule has 1 aromatic rings. The number of β-amino-alcohol motifs (C(OH)–C–C–N with tert-alkyl or cyclic N) is 1. The normalized spacial score (nSPS) is 20.9. The van der Waals surface area contributed by atoms with Crippen LogP contribution in [0, 0.1) is 5.92 Å². The first kappa shape index (κ1) is 14.5. The van der Waals surface area contributed by atoms with E-state index in [9.17, 15) is 5.11 Å². The summed E-state index contributed by atoms with van der Waals surface area (Å²) in [5.74, 6) is 0.603. The largest absolute Gasteiger partial charge is 0.389 e. The molecule has 0 aromatic heterocycles. The van der Waals surface area contributed by atoms with Gasteiger partial charge in [0.25, 0.3) is 0 Å². The van der Waals surface area contributed by atoms with Gasteiger partial charge in [-0.25, -0.2) is 0 Å². The molecule has 1 heterocycles. The highest BCUT2D eigenvalue weighted by molar-refractivity contribution is 5.13. The highest BCUT2D eigenvalue weighted by atomic mass is 16.5. The Morgan fingerprint density at radius 1 is 1.32 bits per heavy atom. The summed E-state index contributed by atoms with van der Waals surface area (Å²) in [7, 11) is 0. The Hall–Kier alpha value is -0.900. The van der Waals surface area contributed by atoms with Crippen LogP contribution in [0.4, 0.5) is 0 Å². The van der Waals surface area contributed by atoms with E-state index in [1.807, 2.05) is 32.0 Å². The molecular formula is C16H25NO2. The number of nitrogens with zero attached hydrogens (tertiary/aromatic N) is 1. The third-order valence-electron chi connectivity index (χ3n) is 3.45. The van der Waals surface area contributed by atoms with Crippen LogP contribution < -0.4 is 0 Å². The number of ether oxygens (including phenoxy) is 1. The van der Waals surface area contributed by atoms with Gasteiger partial charge in [0, 0.05) is 13.1 Å². The van der Waals surface area contributed by atoms with Crippen LogP contribution in [0.15, 0.2) is 30.3 Å². The zero-order valence-corrected chi connectivity index (χ0v) is 12.0. The number of hydrogen-bond donors (Lipinski definition) is 1. The molecule has 19 heavy (non-hydrogen) atoms. The van der Waals surface area contributed by atoms with Crippen LogP contribution in [-0.4, -0.2) is 41.8 Å². The van der Waals surface area contributed by atoms with Gasteiger partial charge in [0.15, 0.2) is 0 Å². The molecule has 106 valence electrons. The Morgan fingerprint density at radius 2 is 2.05 bits per heavy atom. The molecule has 1 aliphatic heterocycles. The van der Waals surface area contributed by atoms with Crippen LogP contribution in [0.2, 0.25) is 0 Å². The van der Waals surface area contributed by atoms with E-state index in [2.05, 4.69) is 17.0 Å². The van der Waals surface area contributed by atoms with E-state index in [4.69, 9.17) is 4.74 Å². The molecule has 0 aliphatic carbocycles. The second-order valence-corrected chi connectivity index (χ2v) is 6.20. The van der Waals surface area contributed by atoms with Gasteiger partial charge in [0.2, 0.25) is 0 Å². The number of likely N-dealkylation sites (tertiary alicyclic amines) is 1. The predicted molar refractivity (Wildman–Crippen MR) is 76.9 cm³/mol. The number of rotatable bonds is 6. The first-order valence-electron chi connectivity index (χ1n) is 7.09. The van der Waals surface area contributed by atoms with E-state index >= 15 is 0 Å². The first-order valence-corrected chi connectivity index (χ1v) is 7.09. The maximum atomic E-state index is 9.82. The van der Waals surface area contributed by atoms with Gasteiger partial charge in [-0.2, -0.15) is 0 Å². The fourth-order valence-electron chi connectivity index (χ4n) is 2.66. The molecule has 2 rings (SSSR count). The zero-order valence-electron chi connectivity index (χ0n) is 12.0. The first-order chi connectivity index (χ1) is 9.03. The minimum Gasteiger partial charge on any atom is -0.389 e. The molecule has 1 aliphatic rings.